The maximum Gasteiger partial charge on any atom is 0.331 e. The van der Waals surface area contributed by atoms with Gasteiger partial charge in [0.25, 0.3) is 0 Å². The van der Waals surface area contributed by atoms with Crippen LogP contribution in [-0.4, -0.2) is 22.5 Å². The molecule has 0 amide bonds. The zero-order valence-electron chi connectivity index (χ0n) is 10.0. The molecule has 0 heterocycles. The molecule has 0 unspecified atom stereocenters. The van der Waals surface area contributed by atoms with Crippen LogP contribution in [0.1, 0.15) is 40.5 Å². The summed E-state index contributed by atoms with van der Waals surface area (Å²) in [6.07, 6.45) is 4.05. The lowest BCUT2D eigenvalue weighted by atomic mass is 10.2. The van der Waals surface area contributed by atoms with Gasteiger partial charge >= 0.3 is 9.28 Å². The highest BCUT2D eigenvalue weighted by atomic mass is 28.3. The summed E-state index contributed by atoms with van der Waals surface area (Å²) in [5.41, 5.74) is 0. The smallest absolute Gasteiger partial charge is 0.331 e. The standard InChI is InChI=1S/C11H24O2Si/c1-6-9-12-14(13-10-7-2)11(4,5)8-3/h8,14H,3,6-7,9-10H2,1-2,4-5H3. The molecule has 0 aromatic heterocycles. The van der Waals surface area contributed by atoms with E-state index in [-0.39, 0.29) is 5.04 Å². The first-order valence-electron chi connectivity index (χ1n) is 5.45. The van der Waals surface area contributed by atoms with E-state index in [9.17, 15) is 0 Å². The molecule has 0 aliphatic rings. The van der Waals surface area contributed by atoms with Crippen LogP contribution in [0.4, 0.5) is 0 Å². The van der Waals surface area contributed by atoms with E-state index in [1.807, 2.05) is 6.08 Å². The third-order valence-corrected chi connectivity index (χ3v) is 4.61. The van der Waals surface area contributed by atoms with Gasteiger partial charge in [0, 0.05) is 18.3 Å². The van der Waals surface area contributed by atoms with E-state index in [0.29, 0.717) is 0 Å². The van der Waals surface area contributed by atoms with Crippen molar-refractivity contribution in [3.05, 3.63) is 12.7 Å². The number of allylic oxidation sites excluding steroid dienone is 1. The fraction of sp³-hybridized carbons (Fsp3) is 0.818. The Kier molecular flexibility index (Phi) is 7.14. The molecule has 0 atom stereocenters. The Morgan fingerprint density at radius 1 is 1.14 bits per heavy atom. The fourth-order valence-corrected chi connectivity index (χ4v) is 3.07. The molecule has 0 aliphatic heterocycles. The first-order valence-corrected chi connectivity index (χ1v) is 6.97. The molecule has 0 saturated carbocycles. The Labute approximate surface area is 90.2 Å². The summed E-state index contributed by atoms with van der Waals surface area (Å²) < 4.78 is 11.6. The second-order valence-corrected chi connectivity index (χ2v) is 6.92. The van der Waals surface area contributed by atoms with E-state index in [0.717, 1.165) is 26.1 Å². The van der Waals surface area contributed by atoms with Crippen LogP contribution in [0.2, 0.25) is 5.04 Å². The highest BCUT2D eigenvalue weighted by molar-refractivity contribution is 6.49. The van der Waals surface area contributed by atoms with Gasteiger partial charge in [0.05, 0.1) is 0 Å². The molecule has 0 bridgehead atoms. The normalized spacial score (nSPS) is 12.1. The predicted molar refractivity (Wildman–Crippen MR) is 63.9 cm³/mol. The Bertz CT molecular complexity index is 149. The van der Waals surface area contributed by atoms with Crippen LogP contribution >= 0.6 is 0 Å². The number of hydrogen-bond acceptors (Lipinski definition) is 2. The van der Waals surface area contributed by atoms with Crippen molar-refractivity contribution >= 4 is 9.28 Å². The molecule has 0 saturated heterocycles. The lowest BCUT2D eigenvalue weighted by molar-refractivity contribution is 0.182. The molecule has 0 spiro atoms. The van der Waals surface area contributed by atoms with Gasteiger partial charge in [-0.25, -0.2) is 0 Å². The van der Waals surface area contributed by atoms with E-state index in [4.69, 9.17) is 8.85 Å². The zero-order valence-corrected chi connectivity index (χ0v) is 11.2. The highest BCUT2D eigenvalue weighted by Crippen LogP contribution is 2.30. The van der Waals surface area contributed by atoms with Crippen LogP contribution in [0.25, 0.3) is 0 Å². The summed E-state index contributed by atoms with van der Waals surface area (Å²) in [5, 5.41) is 0.0182. The molecule has 2 nitrogen and oxygen atoms in total. The van der Waals surface area contributed by atoms with Gasteiger partial charge in [-0.1, -0.05) is 33.8 Å². The Hall–Kier alpha value is -0.123. The molecule has 3 heteroatoms. The van der Waals surface area contributed by atoms with Gasteiger partial charge < -0.3 is 8.85 Å². The Balaban J connectivity index is 4.14. The first-order chi connectivity index (χ1) is 6.58. The van der Waals surface area contributed by atoms with Crippen LogP contribution in [0.15, 0.2) is 12.7 Å². The SMILES string of the molecule is C=CC(C)(C)[SiH](OCCC)OCCC. The number of hydrogen-bond donors (Lipinski definition) is 0. The maximum atomic E-state index is 5.79. The summed E-state index contributed by atoms with van der Waals surface area (Å²) in [5.74, 6) is 0. The molecular formula is C11H24O2Si. The summed E-state index contributed by atoms with van der Waals surface area (Å²) in [7, 11) is -1.60. The van der Waals surface area contributed by atoms with Crippen LogP contribution in [0, 0.1) is 0 Å². The molecule has 0 aromatic rings. The van der Waals surface area contributed by atoms with Crippen LogP contribution in [-0.2, 0) is 8.85 Å². The highest BCUT2D eigenvalue weighted by Gasteiger charge is 2.31. The molecule has 0 N–H and O–H groups in total. The first kappa shape index (κ1) is 13.9. The van der Waals surface area contributed by atoms with Gasteiger partial charge in [0.1, 0.15) is 0 Å². The largest absolute Gasteiger partial charge is 0.396 e. The van der Waals surface area contributed by atoms with Crippen molar-refractivity contribution in [2.24, 2.45) is 0 Å². The molecule has 0 aromatic carbocycles. The summed E-state index contributed by atoms with van der Waals surface area (Å²) in [6.45, 7) is 14.0. The van der Waals surface area contributed by atoms with E-state index >= 15 is 0 Å². The van der Waals surface area contributed by atoms with E-state index in [1.165, 1.54) is 0 Å². The van der Waals surface area contributed by atoms with Crippen molar-refractivity contribution in [3.8, 4) is 0 Å². The van der Waals surface area contributed by atoms with Gasteiger partial charge in [-0.3, -0.25) is 0 Å². The molecule has 0 radical (unpaired) electrons. The molecule has 84 valence electrons. The van der Waals surface area contributed by atoms with E-state index in [2.05, 4.69) is 34.3 Å². The summed E-state index contributed by atoms with van der Waals surface area (Å²) in [4.78, 5) is 0. The average Bonchev–Trinajstić information content (AvgIpc) is 2.17. The quantitative estimate of drug-likeness (QED) is 0.459. The van der Waals surface area contributed by atoms with Crippen molar-refractivity contribution in [1.29, 1.82) is 0 Å². The molecule has 0 rings (SSSR count). The lowest BCUT2D eigenvalue weighted by Gasteiger charge is -2.28. The minimum atomic E-state index is -1.60. The van der Waals surface area contributed by atoms with Crippen LogP contribution < -0.4 is 0 Å². The molecule has 14 heavy (non-hydrogen) atoms. The summed E-state index contributed by atoms with van der Waals surface area (Å²) >= 11 is 0. The maximum absolute atomic E-state index is 5.79. The van der Waals surface area contributed by atoms with Crippen molar-refractivity contribution < 1.29 is 8.85 Å². The van der Waals surface area contributed by atoms with Gasteiger partial charge in [0.2, 0.25) is 0 Å². The topological polar surface area (TPSA) is 18.5 Å². The summed E-state index contributed by atoms with van der Waals surface area (Å²) in [6, 6.07) is 0. The van der Waals surface area contributed by atoms with Crippen molar-refractivity contribution in [2.45, 2.75) is 45.6 Å². The van der Waals surface area contributed by atoms with Crippen molar-refractivity contribution in [3.63, 3.8) is 0 Å². The van der Waals surface area contributed by atoms with Gasteiger partial charge in [0.15, 0.2) is 0 Å². The fourth-order valence-electron chi connectivity index (χ4n) is 1.02. The Morgan fingerprint density at radius 2 is 1.57 bits per heavy atom. The van der Waals surface area contributed by atoms with Gasteiger partial charge in [-0.2, -0.15) is 0 Å². The minimum Gasteiger partial charge on any atom is -0.396 e. The molecule has 0 aliphatic carbocycles. The lowest BCUT2D eigenvalue weighted by Crippen LogP contribution is -2.34. The van der Waals surface area contributed by atoms with E-state index in [1.54, 1.807) is 0 Å². The minimum absolute atomic E-state index is 0.0182. The van der Waals surface area contributed by atoms with E-state index < -0.39 is 9.28 Å². The van der Waals surface area contributed by atoms with Crippen LogP contribution in [0.3, 0.4) is 0 Å². The second-order valence-electron chi connectivity index (χ2n) is 4.10. The monoisotopic (exact) mass is 216 g/mol. The number of rotatable bonds is 8. The predicted octanol–water partition coefficient (Wildman–Crippen LogP) is 3.03. The second kappa shape index (κ2) is 7.21. The van der Waals surface area contributed by atoms with Gasteiger partial charge in [-0.05, 0) is 12.8 Å². The van der Waals surface area contributed by atoms with Crippen LogP contribution in [0.5, 0.6) is 0 Å². The average molecular weight is 216 g/mol. The van der Waals surface area contributed by atoms with Crippen molar-refractivity contribution in [1.82, 2.24) is 0 Å². The Morgan fingerprint density at radius 3 is 1.86 bits per heavy atom. The molecular weight excluding hydrogens is 192 g/mol. The third kappa shape index (κ3) is 4.93. The van der Waals surface area contributed by atoms with Crippen molar-refractivity contribution in [2.75, 3.05) is 13.2 Å². The molecule has 0 fully saturated rings. The van der Waals surface area contributed by atoms with Gasteiger partial charge in [-0.15, -0.1) is 6.58 Å². The third-order valence-electron chi connectivity index (χ3n) is 2.08. The zero-order chi connectivity index (χ0) is 11.0.